The molecule has 19 heteroatoms. The van der Waals surface area contributed by atoms with E-state index in [-0.39, 0.29) is 25.7 Å². The second kappa shape index (κ2) is 56.2. The van der Waals surface area contributed by atoms with Crippen molar-refractivity contribution in [3.63, 3.8) is 0 Å². The number of hydrogen-bond donors (Lipinski definition) is 3. The third-order valence-electron chi connectivity index (χ3n) is 14.1. The first-order valence-corrected chi connectivity index (χ1v) is 35.3. The van der Waals surface area contributed by atoms with Gasteiger partial charge in [0.15, 0.2) is 12.2 Å². The molecular formula is C61H118O17P2. The maximum Gasteiger partial charge on any atom is 0.472 e. The summed E-state index contributed by atoms with van der Waals surface area (Å²) in [6, 6.07) is 0. The average molecular weight is 1190 g/mol. The van der Waals surface area contributed by atoms with Crippen molar-refractivity contribution >= 4 is 39.5 Å². The van der Waals surface area contributed by atoms with Crippen LogP contribution in [0.2, 0.25) is 0 Å². The van der Waals surface area contributed by atoms with Crippen LogP contribution in [-0.2, 0) is 65.4 Å². The van der Waals surface area contributed by atoms with Gasteiger partial charge in [0.25, 0.3) is 0 Å². The van der Waals surface area contributed by atoms with Crippen LogP contribution >= 0.6 is 15.6 Å². The number of aliphatic hydroxyl groups is 1. The fourth-order valence-corrected chi connectivity index (χ4v) is 10.7. The molecule has 0 aromatic rings. The molecule has 2 unspecified atom stereocenters. The van der Waals surface area contributed by atoms with Crippen LogP contribution in [0.15, 0.2) is 0 Å². The largest absolute Gasteiger partial charge is 0.472 e. The Morgan fingerprint density at radius 3 is 0.738 bits per heavy atom. The van der Waals surface area contributed by atoms with E-state index >= 15 is 0 Å². The minimum atomic E-state index is -4.94. The summed E-state index contributed by atoms with van der Waals surface area (Å²) in [6.07, 6.45) is 40.7. The lowest BCUT2D eigenvalue weighted by Crippen LogP contribution is -2.30. The number of carbonyl (C=O) groups excluding carboxylic acids is 4. The highest BCUT2D eigenvalue weighted by atomic mass is 31.2. The highest BCUT2D eigenvalue weighted by molar-refractivity contribution is 7.47. The number of carbonyl (C=O) groups is 4. The molecule has 0 radical (unpaired) electrons. The molecule has 0 bridgehead atoms. The topological polar surface area (TPSA) is 237 Å². The highest BCUT2D eigenvalue weighted by Crippen LogP contribution is 2.45. The molecule has 0 spiro atoms. The van der Waals surface area contributed by atoms with Crippen LogP contribution in [-0.4, -0.2) is 96.7 Å². The maximum absolute atomic E-state index is 12.9. The van der Waals surface area contributed by atoms with Crippen molar-refractivity contribution in [3.05, 3.63) is 0 Å². The Balaban J connectivity index is 5.16. The van der Waals surface area contributed by atoms with E-state index in [9.17, 15) is 43.2 Å². The zero-order valence-electron chi connectivity index (χ0n) is 51.0. The summed E-state index contributed by atoms with van der Waals surface area (Å²) < 4.78 is 67.6. The molecule has 0 aromatic carbocycles. The Morgan fingerprint density at radius 2 is 0.500 bits per heavy atom. The quantitative estimate of drug-likeness (QED) is 0.0222. The zero-order valence-corrected chi connectivity index (χ0v) is 52.8. The number of unbranched alkanes of at least 4 members (excludes halogenated alkanes) is 36. The fourth-order valence-electron chi connectivity index (χ4n) is 9.10. The van der Waals surface area contributed by atoms with E-state index in [0.29, 0.717) is 25.7 Å². The molecule has 0 aliphatic heterocycles. The van der Waals surface area contributed by atoms with Crippen molar-refractivity contribution in [2.24, 2.45) is 0 Å². The number of esters is 4. The first-order chi connectivity index (χ1) is 38.7. The molecule has 474 valence electrons. The van der Waals surface area contributed by atoms with E-state index in [1.165, 1.54) is 128 Å². The van der Waals surface area contributed by atoms with Crippen LogP contribution in [0.5, 0.6) is 0 Å². The Labute approximate surface area is 486 Å². The Bertz CT molecular complexity index is 1550. The molecule has 0 rings (SSSR count). The van der Waals surface area contributed by atoms with Gasteiger partial charge in [0.1, 0.15) is 19.3 Å². The minimum Gasteiger partial charge on any atom is -0.462 e. The monoisotopic (exact) mass is 1180 g/mol. The molecule has 0 saturated carbocycles. The predicted octanol–water partition coefficient (Wildman–Crippen LogP) is 16.8. The summed E-state index contributed by atoms with van der Waals surface area (Å²) in [6.45, 7) is 4.76. The van der Waals surface area contributed by atoms with E-state index in [1.54, 1.807) is 0 Å². The molecule has 0 aromatic heterocycles. The SMILES string of the molecule is CCCCCCCCCCCCCCCCCC(=O)O[C@H](COC(=O)CCCCCCCCCCCCCC)COP(=O)(O)OC[C@@H](O)COP(=O)(O)OC[C@@H](COC(=O)CCCCCCC)OC(=O)CCCCCCCCCC. The summed E-state index contributed by atoms with van der Waals surface area (Å²) in [5, 5.41) is 10.5. The highest BCUT2D eigenvalue weighted by Gasteiger charge is 2.30. The first-order valence-electron chi connectivity index (χ1n) is 32.3. The van der Waals surface area contributed by atoms with Crippen molar-refractivity contribution in [2.75, 3.05) is 39.6 Å². The third kappa shape index (κ3) is 55.3. The zero-order chi connectivity index (χ0) is 59.1. The normalized spacial score (nSPS) is 14.2. The van der Waals surface area contributed by atoms with Gasteiger partial charge in [0, 0.05) is 25.7 Å². The van der Waals surface area contributed by atoms with Crippen LogP contribution < -0.4 is 0 Å². The number of aliphatic hydroxyl groups excluding tert-OH is 1. The van der Waals surface area contributed by atoms with Crippen LogP contribution in [0, 0.1) is 0 Å². The lowest BCUT2D eigenvalue weighted by atomic mass is 10.0. The lowest BCUT2D eigenvalue weighted by Gasteiger charge is -2.21. The molecule has 0 fully saturated rings. The van der Waals surface area contributed by atoms with Crippen molar-refractivity contribution in [2.45, 2.75) is 329 Å². The van der Waals surface area contributed by atoms with Crippen LogP contribution in [0.1, 0.15) is 310 Å². The Morgan fingerprint density at radius 1 is 0.300 bits per heavy atom. The fraction of sp³-hybridized carbons (Fsp3) is 0.934. The average Bonchev–Trinajstić information content (AvgIpc) is 3.43. The van der Waals surface area contributed by atoms with E-state index < -0.39 is 97.5 Å². The summed E-state index contributed by atoms with van der Waals surface area (Å²) >= 11 is 0. The van der Waals surface area contributed by atoms with Crippen molar-refractivity contribution in [3.8, 4) is 0 Å². The van der Waals surface area contributed by atoms with Crippen molar-refractivity contribution in [1.82, 2.24) is 0 Å². The molecule has 80 heavy (non-hydrogen) atoms. The summed E-state index contributed by atoms with van der Waals surface area (Å²) in [4.78, 5) is 71.8. The second-order valence-corrected chi connectivity index (χ2v) is 25.0. The van der Waals surface area contributed by atoms with E-state index in [0.717, 1.165) is 103 Å². The van der Waals surface area contributed by atoms with Gasteiger partial charge < -0.3 is 33.8 Å². The van der Waals surface area contributed by atoms with Gasteiger partial charge in [-0.1, -0.05) is 259 Å². The van der Waals surface area contributed by atoms with Gasteiger partial charge in [-0.05, 0) is 25.7 Å². The van der Waals surface area contributed by atoms with Crippen molar-refractivity contribution in [1.29, 1.82) is 0 Å². The van der Waals surface area contributed by atoms with Crippen LogP contribution in [0.3, 0.4) is 0 Å². The van der Waals surface area contributed by atoms with Crippen LogP contribution in [0.4, 0.5) is 0 Å². The summed E-state index contributed by atoms with van der Waals surface area (Å²) in [5.74, 6) is -2.15. The Hall–Kier alpha value is -1.94. The summed E-state index contributed by atoms with van der Waals surface area (Å²) in [5.41, 5.74) is 0. The van der Waals surface area contributed by atoms with Gasteiger partial charge >= 0.3 is 39.5 Å². The van der Waals surface area contributed by atoms with E-state index in [2.05, 4.69) is 27.7 Å². The second-order valence-electron chi connectivity index (χ2n) is 22.1. The van der Waals surface area contributed by atoms with Gasteiger partial charge in [-0.15, -0.1) is 0 Å². The predicted molar refractivity (Wildman–Crippen MR) is 317 cm³/mol. The molecule has 0 amide bonds. The summed E-state index contributed by atoms with van der Waals surface area (Å²) in [7, 11) is -9.87. The van der Waals surface area contributed by atoms with Gasteiger partial charge in [0.05, 0.1) is 26.4 Å². The van der Waals surface area contributed by atoms with Gasteiger partial charge in [0.2, 0.25) is 0 Å². The molecule has 0 aliphatic rings. The molecule has 5 atom stereocenters. The molecule has 0 heterocycles. The van der Waals surface area contributed by atoms with E-state index in [1.807, 2.05) is 0 Å². The van der Waals surface area contributed by atoms with Crippen molar-refractivity contribution < 1.29 is 80.2 Å². The number of phosphoric acid groups is 2. The standard InChI is InChI=1S/C61H118O17P2/c1-5-9-13-17-20-23-25-27-28-29-31-33-36-40-44-48-61(66)78-57(52-72-59(64)46-42-38-35-32-30-26-24-21-18-14-10-6-2)54-76-80(69,70)74-50-55(62)49-73-79(67,68)75-53-56(51-71-58(63)45-41-37-16-12-8-4)77-60(65)47-43-39-34-22-19-15-11-7-3/h55-57,62H,5-54H2,1-4H3,(H,67,68)(H,69,70)/t55-,56+,57+/m0/s1. The lowest BCUT2D eigenvalue weighted by molar-refractivity contribution is -0.161. The number of ether oxygens (including phenoxy) is 4. The van der Waals surface area contributed by atoms with E-state index in [4.69, 9.17) is 37.0 Å². The first kappa shape index (κ1) is 78.1. The molecule has 3 N–H and O–H groups in total. The van der Waals surface area contributed by atoms with Gasteiger partial charge in [-0.2, -0.15) is 0 Å². The minimum absolute atomic E-state index is 0.104. The molecule has 0 aliphatic carbocycles. The number of hydrogen-bond acceptors (Lipinski definition) is 15. The molecule has 0 saturated heterocycles. The van der Waals surface area contributed by atoms with Gasteiger partial charge in [-0.25, -0.2) is 9.13 Å². The Kier molecular flexibility index (Phi) is 54.8. The smallest absolute Gasteiger partial charge is 0.462 e. The maximum atomic E-state index is 12.9. The number of phosphoric ester groups is 2. The molecular weight excluding hydrogens is 1070 g/mol. The van der Waals surface area contributed by atoms with Gasteiger partial charge in [-0.3, -0.25) is 37.3 Å². The number of rotatable bonds is 62. The third-order valence-corrected chi connectivity index (χ3v) is 16.0. The van der Waals surface area contributed by atoms with Crippen LogP contribution in [0.25, 0.3) is 0 Å². The molecule has 17 nitrogen and oxygen atoms in total.